The van der Waals surface area contributed by atoms with Crippen LogP contribution in [-0.4, -0.2) is 185 Å². The van der Waals surface area contributed by atoms with E-state index in [9.17, 15) is 78.6 Å². The van der Waals surface area contributed by atoms with Crippen molar-refractivity contribution in [3.05, 3.63) is 172 Å². The molecule has 13 bridgehead atoms. The Labute approximate surface area is 651 Å². The Morgan fingerprint density at radius 3 is 2.05 bits per heavy atom. The van der Waals surface area contributed by atoms with Crippen LogP contribution in [0.3, 0.4) is 0 Å². The number of aliphatic imine (C=N–C) groups is 1. The molecule has 0 spiro atoms. The van der Waals surface area contributed by atoms with Crippen molar-refractivity contribution in [3.63, 3.8) is 0 Å². The number of thioether (sulfide) groups is 1. The number of carboxylic acids is 1. The largest absolute Gasteiger partial charge is 0.477 e. The van der Waals surface area contributed by atoms with Gasteiger partial charge in [-0.3, -0.25) is 63.6 Å². The van der Waals surface area contributed by atoms with Crippen LogP contribution in [0.2, 0.25) is 0 Å². The number of thiazole rings is 4. The molecule has 5 aromatic rings. The van der Waals surface area contributed by atoms with Gasteiger partial charge in [0.15, 0.2) is 0 Å². The minimum Gasteiger partial charge on any atom is -0.477 e. The van der Waals surface area contributed by atoms with Crippen molar-refractivity contribution in [2.75, 3.05) is 5.75 Å². The number of nitrogens with zero attached hydrogens (tertiary/aromatic N) is 6. The zero-order chi connectivity index (χ0) is 81.2. The fourth-order valence-electron chi connectivity index (χ4n) is 11.8. The van der Waals surface area contributed by atoms with Crippen LogP contribution < -0.4 is 63.8 Å². The minimum atomic E-state index is -2.21. The van der Waals surface area contributed by atoms with Gasteiger partial charge in [0.05, 0.1) is 82.4 Å². The van der Waals surface area contributed by atoms with Crippen LogP contribution in [0.1, 0.15) is 182 Å². The third-order valence-corrected chi connectivity index (χ3v) is 23.2. The highest BCUT2D eigenvalue weighted by Gasteiger charge is 2.52. The lowest BCUT2D eigenvalue weighted by Gasteiger charge is -2.45. The summed E-state index contributed by atoms with van der Waals surface area (Å²) in [5.74, 6) is -13.1. The SMILES string of the molecule is C=C(NC(=O)C(=C)NC(=O)c1csc(C2CCC34NC(=O)C(=C)NC(=O)C(=C)NC(=O)C(=C)NC(=O)C(C)NC5C=Cc6c(C(C)O)cc(nc6C5O)C(=O)OC(C)C(NC(=O)c5csc(n5)C(C(C)(O)C(C)O)NC(=O)C5CSC(=N5)C(=CC)NC(=O)C(C(C)O)NC(=O)c5csc3n5)c3nc(cs3)C4N2)n1)C(=O)O. The summed E-state index contributed by atoms with van der Waals surface area (Å²) in [4.78, 5) is 196. The smallest absolute Gasteiger partial charge is 0.357 e. The number of aliphatic carboxylic acids is 1. The number of allylic oxidation sites excluding steroid dienone is 1. The van der Waals surface area contributed by atoms with Crippen LogP contribution in [0, 0.1) is 0 Å². The number of carboxylic acid groups (broad SMARTS) is 1. The third-order valence-electron chi connectivity index (χ3n) is 18.2. The first-order valence-electron chi connectivity index (χ1n) is 33.7. The zero-order valence-electron chi connectivity index (χ0n) is 60.0. The normalized spacial score (nSPS) is 26.4. The molecule has 15 atom stereocenters. The molecule has 5 aromatic heterocycles. The first kappa shape index (κ1) is 82.7. The second kappa shape index (κ2) is 33.8. The molecule has 586 valence electrons. The van der Waals surface area contributed by atoms with Crippen LogP contribution >= 0.6 is 57.1 Å². The molecular formula is C69H76N18O19S5. The van der Waals surface area contributed by atoms with Crippen molar-refractivity contribution < 1.29 is 92.9 Å². The molecule has 37 nitrogen and oxygen atoms in total. The lowest BCUT2D eigenvalue weighted by molar-refractivity contribution is -0.134. The molecule has 5 aliphatic rings. The molecule has 10 rings (SSSR count). The number of hydrogen-bond acceptors (Lipinski definition) is 31. The Morgan fingerprint density at radius 2 is 1.38 bits per heavy atom. The average Bonchev–Trinajstić information content (AvgIpc) is 1.69. The predicted octanol–water partition coefficient (Wildman–Crippen LogP) is 0.439. The fraction of sp³-hybridized carbons (Fsp3) is 0.362. The number of rotatable bonds is 10. The standard InChI is InChI=1S/C69H76N18O19S5/c1-13-36-61-80-43(21-107-61)59(100)86-50(68(12,105)33(11)90)64-82-42(22-110-64)57(98)85-46-32(10)106-66(104)39-18-35(30(8)88)34-14-15-37(48(91)47(34)76-39)70-24(2)51(92)71-25(3)52(93)72-26(4)53(94)73-28(6)55(96)87-69(67-83-44(23-111-67)58(99)84-45(31(9)89)60(101)78-36)17-16-38(77-49(69)40-19-109-63(46)79-40)62-81-41(20-108-62)56(97)74-27(5)54(95)75-29(7)65(102)103/h13-15,18-20,22-24,30-33,37-38,43,45-46,48-50,70,77,88-91,105H,3-7,16-17,21H2,1-2,8-12H3,(H,71,92)(H,72,93)(H,73,94)(H,74,97)(H,75,95)(H,78,101)(H,84,99)(H,85,98)(H,86,100)(H,87,96)(H,102,103). The molecule has 9 heterocycles. The number of piperidine rings is 1. The Bertz CT molecular complexity index is 4840. The summed E-state index contributed by atoms with van der Waals surface area (Å²) in [6.45, 7) is 27.2. The van der Waals surface area contributed by atoms with Crippen molar-refractivity contribution >= 4 is 139 Å². The Kier molecular flexibility index (Phi) is 25.2. The van der Waals surface area contributed by atoms with Crippen LogP contribution in [0.25, 0.3) is 6.08 Å². The Balaban J connectivity index is 1.16. The minimum absolute atomic E-state index is 0.0219. The maximum Gasteiger partial charge on any atom is 0.357 e. The maximum atomic E-state index is 15.2. The van der Waals surface area contributed by atoms with Gasteiger partial charge in [0.2, 0.25) is 17.7 Å². The molecule has 1 aliphatic carbocycles. The molecule has 111 heavy (non-hydrogen) atoms. The average molecular weight is 1620 g/mol. The van der Waals surface area contributed by atoms with Gasteiger partial charge < -0.3 is 88.5 Å². The number of nitrogens with one attached hydrogen (secondary N) is 12. The molecule has 0 aromatic carbocycles. The van der Waals surface area contributed by atoms with Gasteiger partial charge in [0.1, 0.15) is 101 Å². The number of carbonyl (C=O) groups excluding carboxylic acids is 11. The van der Waals surface area contributed by atoms with E-state index in [1.54, 1.807) is 6.92 Å². The van der Waals surface area contributed by atoms with Gasteiger partial charge in [-0.25, -0.2) is 34.5 Å². The number of amides is 10. The van der Waals surface area contributed by atoms with Crippen molar-refractivity contribution in [1.82, 2.24) is 88.7 Å². The Morgan fingerprint density at radius 1 is 0.730 bits per heavy atom. The van der Waals surface area contributed by atoms with Gasteiger partial charge in [0, 0.05) is 32.8 Å². The summed E-state index contributed by atoms with van der Waals surface area (Å²) in [6.07, 6.45) is -3.66. The molecule has 1 saturated heterocycles. The van der Waals surface area contributed by atoms with Crippen molar-refractivity contribution in [1.29, 1.82) is 0 Å². The van der Waals surface area contributed by atoms with E-state index >= 15 is 9.59 Å². The van der Waals surface area contributed by atoms with E-state index in [-0.39, 0.29) is 83.3 Å². The summed E-state index contributed by atoms with van der Waals surface area (Å²) in [5, 5.41) is 103. The lowest BCUT2D eigenvalue weighted by atomic mass is 9.78. The second-order valence-corrected chi connectivity index (χ2v) is 30.8. The van der Waals surface area contributed by atoms with Gasteiger partial charge >= 0.3 is 11.9 Å². The topological polar surface area (TPSA) is 557 Å². The van der Waals surface area contributed by atoms with Gasteiger partial charge in [-0.05, 0) is 72.9 Å². The van der Waals surface area contributed by atoms with Crippen molar-refractivity contribution in [2.45, 2.75) is 151 Å². The van der Waals surface area contributed by atoms with E-state index in [0.29, 0.717) is 0 Å². The van der Waals surface area contributed by atoms with E-state index in [1.165, 1.54) is 87.4 Å². The number of fused-ring (bicyclic) bond motifs is 7. The summed E-state index contributed by atoms with van der Waals surface area (Å²) >= 11 is 4.41. The number of carbonyl (C=O) groups is 12. The van der Waals surface area contributed by atoms with Gasteiger partial charge in [-0.2, -0.15) is 0 Å². The first-order chi connectivity index (χ1) is 52.3. The predicted molar refractivity (Wildman–Crippen MR) is 402 cm³/mol. The molecule has 42 heteroatoms. The number of aliphatic hydroxyl groups excluding tert-OH is 4. The van der Waals surface area contributed by atoms with Crippen LogP contribution in [0.5, 0.6) is 0 Å². The molecule has 4 aliphatic heterocycles. The van der Waals surface area contributed by atoms with Gasteiger partial charge in [-0.15, -0.1) is 57.1 Å². The number of aromatic nitrogens is 5. The van der Waals surface area contributed by atoms with Crippen molar-refractivity contribution in [2.24, 2.45) is 4.99 Å². The van der Waals surface area contributed by atoms with Gasteiger partial charge in [0.25, 0.3) is 41.4 Å². The lowest BCUT2D eigenvalue weighted by Crippen LogP contribution is -2.58. The quantitative estimate of drug-likeness (QED) is 0.0666. The van der Waals surface area contributed by atoms with E-state index in [2.05, 4.69) is 111 Å². The van der Waals surface area contributed by atoms with Crippen LogP contribution in [0.4, 0.5) is 0 Å². The maximum absolute atomic E-state index is 15.2. The Hall–Kier alpha value is -10.8. The fourth-order valence-corrected chi connectivity index (χ4v) is 16.7. The van der Waals surface area contributed by atoms with E-state index in [4.69, 9.17) is 14.7 Å². The molecule has 0 saturated carbocycles. The van der Waals surface area contributed by atoms with E-state index in [0.717, 1.165) is 57.1 Å². The highest BCUT2D eigenvalue weighted by Crippen LogP contribution is 2.49. The molecular weight excluding hydrogens is 1550 g/mol. The number of aliphatic hydroxyl groups is 5. The molecule has 10 amide bonds. The van der Waals surface area contributed by atoms with Crippen LogP contribution in [-0.2, 0) is 48.6 Å². The van der Waals surface area contributed by atoms with Crippen LogP contribution in [0.15, 0.2) is 112 Å². The monoisotopic (exact) mass is 1620 g/mol. The molecule has 18 N–H and O–H groups in total. The molecule has 1 fully saturated rings. The highest BCUT2D eigenvalue weighted by atomic mass is 32.2. The number of esters is 1. The number of cyclic esters (lactones) is 1. The van der Waals surface area contributed by atoms with Crippen molar-refractivity contribution in [3.8, 4) is 0 Å². The number of pyridine rings is 1. The summed E-state index contributed by atoms with van der Waals surface area (Å²) in [5.41, 5.74) is -8.96. The first-order valence-corrected chi connectivity index (χ1v) is 38.2. The summed E-state index contributed by atoms with van der Waals surface area (Å²) in [7, 11) is 0. The molecule has 15 unspecified atom stereocenters. The summed E-state index contributed by atoms with van der Waals surface area (Å²) in [6, 6.07) is -9.69. The zero-order valence-corrected chi connectivity index (χ0v) is 64.1. The van der Waals surface area contributed by atoms with Gasteiger partial charge in [-0.1, -0.05) is 51.1 Å². The number of hydrogen-bond donors (Lipinski definition) is 18. The highest BCUT2D eigenvalue weighted by molar-refractivity contribution is 8.14. The number of ether oxygens (including phenoxy) is 1. The van der Waals surface area contributed by atoms with E-state index < -0.39 is 201 Å². The van der Waals surface area contributed by atoms with E-state index in [1.807, 2.05) is 5.32 Å². The third kappa shape index (κ3) is 18.0. The molecule has 0 radical (unpaired) electrons. The summed E-state index contributed by atoms with van der Waals surface area (Å²) < 4.78 is 6.21. The second-order valence-electron chi connectivity index (χ2n) is 26.2.